The Balaban J connectivity index is 1.32. The molecule has 1 aliphatic rings. The molecule has 0 atom stereocenters. The minimum Gasteiger partial charge on any atom is -0.434 e. The van der Waals surface area contributed by atoms with Gasteiger partial charge in [0, 0.05) is 67.6 Å². The molecule has 43 heavy (non-hydrogen) atoms. The molecule has 1 saturated heterocycles. The molecule has 1 aromatic carbocycles. The smallest absolute Gasteiger partial charge is 0.387 e. The summed E-state index contributed by atoms with van der Waals surface area (Å²) in [4.78, 5) is 35.5. The molecule has 4 aromatic heterocycles. The SMILES string of the molecule is Cn1cc(NC(=O)c2cnn3cccnc23)c(-c2cc3sc(C(=O)N4CCN(C(C)(C)C)CC4)cc3cc2OC(F)F)n1. The highest BCUT2D eigenvalue weighted by atomic mass is 32.1. The first kappa shape index (κ1) is 28.7. The van der Waals surface area contributed by atoms with Crippen LogP contribution in [0.2, 0.25) is 0 Å². The summed E-state index contributed by atoms with van der Waals surface area (Å²) < 4.78 is 35.7. The van der Waals surface area contributed by atoms with Crippen LogP contribution < -0.4 is 10.1 Å². The van der Waals surface area contributed by atoms with Crippen molar-refractivity contribution in [3.63, 3.8) is 0 Å². The molecule has 2 amide bonds. The molecule has 6 rings (SSSR count). The van der Waals surface area contributed by atoms with Gasteiger partial charge in [-0.1, -0.05) is 0 Å². The molecule has 1 fully saturated rings. The van der Waals surface area contributed by atoms with E-state index in [1.165, 1.54) is 32.8 Å². The van der Waals surface area contributed by atoms with Crippen LogP contribution in [0.4, 0.5) is 14.5 Å². The van der Waals surface area contributed by atoms with Crippen molar-refractivity contribution in [1.29, 1.82) is 0 Å². The van der Waals surface area contributed by atoms with E-state index in [9.17, 15) is 18.4 Å². The number of carbonyl (C=O) groups is 2. The topological polar surface area (TPSA) is 110 Å². The van der Waals surface area contributed by atoms with Gasteiger partial charge in [-0.2, -0.15) is 19.0 Å². The molecule has 14 heteroatoms. The standard InChI is InChI=1S/C29H30F2N8O3S/c1-29(2,3)38-10-8-37(9-11-38)27(41)23-13-17-12-21(42-28(30)31)18(14-22(17)43-23)24-20(16-36(4)35-24)34-26(40)19-15-33-39-7-5-6-32-25(19)39/h5-7,12-16,28H,8-11H2,1-4H3,(H,34,40). The van der Waals surface area contributed by atoms with Crippen molar-refractivity contribution in [3.05, 3.63) is 59.5 Å². The van der Waals surface area contributed by atoms with Crippen LogP contribution in [0.15, 0.2) is 49.1 Å². The maximum Gasteiger partial charge on any atom is 0.387 e. The summed E-state index contributed by atoms with van der Waals surface area (Å²) in [6, 6.07) is 6.55. The second-order valence-electron chi connectivity index (χ2n) is 11.3. The highest BCUT2D eigenvalue weighted by molar-refractivity contribution is 7.20. The van der Waals surface area contributed by atoms with Crippen LogP contribution in [0, 0.1) is 0 Å². The molecule has 5 aromatic rings. The third-order valence-corrected chi connectivity index (χ3v) is 8.50. The van der Waals surface area contributed by atoms with E-state index in [1.807, 2.05) is 4.90 Å². The van der Waals surface area contributed by atoms with Gasteiger partial charge in [-0.25, -0.2) is 9.50 Å². The van der Waals surface area contributed by atoms with Crippen molar-refractivity contribution >= 4 is 44.6 Å². The number of carbonyl (C=O) groups excluding carboxylic acids is 2. The van der Waals surface area contributed by atoms with Gasteiger partial charge in [0.05, 0.1) is 16.8 Å². The molecule has 224 valence electrons. The summed E-state index contributed by atoms with van der Waals surface area (Å²) >= 11 is 1.28. The summed E-state index contributed by atoms with van der Waals surface area (Å²) in [7, 11) is 1.66. The van der Waals surface area contributed by atoms with Crippen molar-refractivity contribution in [2.45, 2.75) is 32.9 Å². The van der Waals surface area contributed by atoms with Gasteiger partial charge in [0.1, 0.15) is 17.0 Å². The lowest BCUT2D eigenvalue weighted by Crippen LogP contribution is -2.54. The van der Waals surface area contributed by atoms with E-state index in [2.05, 4.69) is 46.2 Å². The van der Waals surface area contributed by atoms with Crippen LogP contribution in [0.1, 0.15) is 40.8 Å². The number of rotatable bonds is 6. The number of nitrogens with zero attached hydrogens (tertiary/aromatic N) is 7. The van der Waals surface area contributed by atoms with Crippen LogP contribution in [-0.4, -0.2) is 84.3 Å². The summed E-state index contributed by atoms with van der Waals surface area (Å²) in [5, 5.41) is 12.0. The highest BCUT2D eigenvalue weighted by Gasteiger charge is 2.29. The Morgan fingerprint density at radius 1 is 1.12 bits per heavy atom. The molecule has 11 nitrogen and oxygen atoms in total. The van der Waals surface area contributed by atoms with Crippen molar-refractivity contribution in [1.82, 2.24) is 34.2 Å². The van der Waals surface area contributed by atoms with Crippen molar-refractivity contribution in [2.24, 2.45) is 7.05 Å². The lowest BCUT2D eigenvalue weighted by atomic mass is 10.0. The predicted molar refractivity (Wildman–Crippen MR) is 159 cm³/mol. The van der Waals surface area contributed by atoms with Crippen molar-refractivity contribution < 1.29 is 23.1 Å². The van der Waals surface area contributed by atoms with Crippen LogP contribution in [0.3, 0.4) is 0 Å². The van der Waals surface area contributed by atoms with E-state index in [0.717, 1.165) is 13.1 Å². The lowest BCUT2D eigenvalue weighted by molar-refractivity contribution is -0.0493. The number of hydrogen-bond acceptors (Lipinski definition) is 8. The number of thiophene rings is 1. The Morgan fingerprint density at radius 3 is 2.60 bits per heavy atom. The number of piperazine rings is 1. The number of hydrogen-bond donors (Lipinski definition) is 1. The molecule has 0 unspecified atom stereocenters. The minimum atomic E-state index is -3.10. The summed E-state index contributed by atoms with van der Waals surface area (Å²) in [5.74, 6) is -0.707. The summed E-state index contributed by atoms with van der Waals surface area (Å²) in [6.45, 7) is 6.13. The van der Waals surface area contributed by atoms with Crippen molar-refractivity contribution in [2.75, 3.05) is 31.5 Å². The number of amides is 2. The second-order valence-corrected chi connectivity index (χ2v) is 12.4. The number of alkyl halides is 2. The van der Waals surface area contributed by atoms with E-state index in [1.54, 1.807) is 43.8 Å². The number of anilines is 1. The fourth-order valence-corrected chi connectivity index (χ4v) is 6.29. The number of fused-ring (bicyclic) bond motifs is 2. The first-order valence-corrected chi connectivity index (χ1v) is 14.5. The molecule has 0 saturated carbocycles. The normalized spacial score (nSPS) is 14.6. The zero-order valence-corrected chi connectivity index (χ0v) is 24.9. The largest absolute Gasteiger partial charge is 0.434 e. The number of aromatic nitrogens is 5. The number of nitrogens with one attached hydrogen (secondary N) is 1. The monoisotopic (exact) mass is 608 g/mol. The maximum atomic E-state index is 13.6. The van der Waals surface area contributed by atoms with Crippen LogP contribution in [-0.2, 0) is 7.05 Å². The van der Waals surface area contributed by atoms with Gasteiger partial charge >= 0.3 is 6.61 Å². The van der Waals surface area contributed by atoms with Gasteiger partial charge in [-0.15, -0.1) is 11.3 Å². The lowest BCUT2D eigenvalue weighted by Gasteiger charge is -2.42. The predicted octanol–water partition coefficient (Wildman–Crippen LogP) is 4.75. The molecule has 1 N–H and O–H groups in total. The van der Waals surface area contributed by atoms with Crippen LogP contribution >= 0.6 is 11.3 Å². The Bertz CT molecular complexity index is 1830. The number of halogens is 2. The van der Waals surface area contributed by atoms with Crippen LogP contribution in [0.25, 0.3) is 27.0 Å². The average Bonchev–Trinajstić information content (AvgIpc) is 3.67. The number of ether oxygens (including phenoxy) is 1. The van der Waals surface area contributed by atoms with E-state index < -0.39 is 12.5 Å². The van der Waals surface area contributed by atoms with E-state index in [-0.39, 0.29) is 39.7 Å². The zero-order valence-electron chi connectivity index (χ0n) is 24.0. The fraction of sp³-hybridized carbons (Fsp3) is 0.345. The third kappa shape index (κ3) is 5.67. The molecule has 5 heterocycles. The fourth-order valence-electron chi connectivity index (χ4n) is 5.24. The molecule has 0 radical (unpaired) electrons. The average molecular weight is 609 g/mol. The Labute approximate surface area is 249 Å². The maximum absolute atomic E-state index is 13.6. The van der Waals surface area contributed by atoms with Crippen LogP contribution in [0.5, 0.6) is 5.75 Å². The van der Waals surface area contributed by atoms with Gasteiger partial charge in [0.2, 0.25) is 0 Å². The van der Waals surface area contributed by atoms with E-state index in [4.69, 9.17) is 4.74 Å². The molecular formula is C29H30F2N8O3S. The molecule has 0 spiro atoms. The summed E-state index contributed by atoms with van der Waals surface area (Å²) in [6.07, 6.45) is 6.20. The second kappa shape index (κ2) is 11.0. The van der Waals surface area contributed by atoms with Gasteiger partial charge in [0.25, 0.3) is 11.8 Å². The Kier molecular flexibility index (Phi) is 7.34. The Morgan fingerprint density at radius 2 is 1.88 bits per heavy atom. The minimum absolute atomic E-state index is 0.0256. The molecular weight excluding hydrogens is 578 g/mol. The number of benzene rings is 1. The number of aryl methyl sites for hydroxylation is 1. The van der Waals surface area contributed by atoms with E-state index >= 15 is 0 Å². The van der Waals surface area contributed by atoms with Crippen molar-refractivity contribution in [3.8, 4) is 17.0 Å². The highest BCUT2D eigenvalue weighted by Crippen LogP contribution is 2.41. The zero-order chi connectivity index (χ0) is 30.5. The van der Waals surface area contributed by atoms with E-state index in [0.29, 0.717) is 33.7 Å². The van der Waals surface area contributed by atoms with Gasteiger partial charge < -0.3 is 15.0 Å². The molecule has 1 aliphatic heterocycles. The van der Waals surface area contributed by atoms with Gasteiger partial charge in [0.15, 0.2) is 5.65 Å². The first-order chi connectivity index (χ1) is 20.5. The van der Waals surface area contributed by atoms with Gasteiger partial charge in [-0.3, -0.25) is 19.2 Å². The molecule has 0 aliphatic carbocycles. The summed E-state index contributed by atoms with van der Waals surface area (Å²) in [5.41, 5.74) is 1.39. The third-order valence-electron chi connectivity index (χ3n) is 7.42. The first-order valence-electron chi connectivity index (χ1n) is 13.7. The Hall–Kier alpha value is -4.43. The van der Waals surface area contributed by atoms with Gasteiger partial charge in [-0.05, 0) is 50.4 Å². The quantitative estimate of drug-likeness (QED) is 0.296. The molecule has 0 bridgehead atoms.